The zero-order valence-electron chi connectivity index (χ0n) is 17.0. The number of rotatable bonds is 3. The normalized spacial score (nSPS) is 18.7. The van der Waals surface area contributed by atoms with Crippen molar-refractivity contribution in [3.8, 4) is 11.8 Å². The number of nitrogens with zero attached hydrogens (tertiary/aromatic N) is 5. The van der Waals surface area contributed by atoms with Crippen molar-refractivity contribution in [2.45, 2.75) is 18.5 Å². The number of hydrogen-bond acceptors (Lipinski definition) is 6. The van der Waals surface area contributed by atoms with E-state index in [1.54, 1.807) is 19.6 Å². The van der Waals surface area contributed by atoms with E-state index in [1.165, 1.54) is 0 Å². The molecule has 2 atom stereocenters. The molecule has 4 aromatic rings. The summed E-state index contributed by atoms with van der Waals surface area (Å²) >= 11 is 0. The zero-order valence-corrected chi connectivity index (χ0v) is 17.0. The summed E-state index contributed by atoms with van der Waals surface area (Å²) in [6.07, 6.45) is 4.46. The van der Waals surface area contributed by atoms with Crippen LogP contribution in [0.1, 0.15) is 23.7 Å². The van der Waals surface area contributed by atoms with Crippen LogP contribution in [0.25, 0.3) is 21.9 Å². The summed E-state index contributed by atoms with van der Waals surface area (Å²) in [6, 6.07) is 8.49. The molecule has 0 spiro atoms. The Morgan fingerprint density at radius 1 is 1.23 bits per heavy atom. The van der Waals surface area contributed by atoms with Crippen molar-refractivity contribution < 1.29 is 4.74 Å². The third-order valence-corrected chi connectivity index (χ3v) is 5.61. The summed E-state index contributed by atoms with van der Waals surface area (Å²) < 4.78 is 9.31. The molecule has 30 heavy (non-hydrogen) atoms. The molecule has 0 saturated carbocycles. The number of nitrogens with one attached hydrogen (secondary N) is 1. The lowest BCUT2D eigenvalue weighted by atomic mass is 10.1. The van der Waals surface area contributed by atoms with Gasteiger partial charge in [-0.3, -0.25) is 4.68 Å². The Hall–Kier alpha value is -3.41. The third-order valence-electron chi connectivity index (χ3n) is 5.61. The van der Waals surface area contributed by atoms with E-state index < -0.39 is 0 Å². The molecular formula is C22H23N7O. The number of fused-ring (bicyclic) bond motifs is 2. The summed E-state index contributed by atoms with van der Waals surface area (Å²) in [5.41, 5.74) is 10.7. The molecule has 0 aliphatic carbocycles. The first-order valence-electron chi connectivity index (χ1n) is 9.92. The predicted molar refractivity (Wildman–Crippen MR) is 116 cm³/mol. The van der Waals surface area contributed by atoms with Crippen molar-refractivity contribution >= 4 is 27.8 Å². The van der Waals surface area contributed by atoms with E-state index >= 15 is 0 Å². The van der Waals surface area contributed by atoms with Gasteiger partial charge in [-0.05, 0) is 36.6 Å². The van der Waals surface area contributed by atoms with Crippen LogP contribution in [-0.4, -0.2) is 50.6 Å². The molecule has 8 heteroatoms. The molecule has 5 rings (SSSR count). The quantitative estimate of drug-likeness (QED) is 0.509. The van der Waals surface area contributed by atoms with E-state index in [0.717, 1.165) is 40.5 Å². The molecule has 1 aliphatic heterocycles. The van der Waals surface area contributed by atoms with Crippen LogP contribution >= 0.6 is 0 Å². The second kappa shape index (κ2) is 7.44. The lowest BCUT2D eigenvalue weighted by Gasteiger charge is -2.11. The first kappa shape index (κ1) is 18.6. The number of aryl methyl sites for hydroxylation is 1. The summed E-state index contributed by atoms with van der Waals surface area (Å²) in [5, 5.41) is 9.13. The topological polar surface area (TPSA) is 95.8 Å². The van der Waals surface area contributed by atoms with Crippen molar-refractivity contribution in [3.63, 3.8) is 0 Å². The van der Waals surface area contributed by atoms with Gasteiger partial charge in [0, 0.05) is 38.5 Å². The molecule has 1 aliphatic rings. The number of methoxy groups -OCH3 is 1. The summed E-state index contributed by atoms with van der Waals surface area (Å²) in [4.78, 5) is 8.66. The molecule has 1 aromatic carbocycles. The molecule has 4 heterocycles. The van der Waals surface area contributed by atoms with Crippen LogP contribution < -0.4 is 11.1 Å². The lowest BCUT2D eigenvalue weighted by Crippen LogP contribution is -2.25. The van der Waals surface area contributed by atoms with E-state index in [4.69, 9.17) is 15.6 Å². The number of nitrogen functional groups attached to an aromatic ring is 1. The number of ether oxygens (including phenoxy) is 1. The Morgan fingerprint density at radius 2 is 2.13 bits per heavy atom. The Bertz CT molecular complexity index is 1290. The molecule has 0 bridgehead atoms. The minimum atomic E-state index is 0.217. The van der Waals surface area contributed by atoms with E-state index in [0.29, 0.717) is 24.2 Å². The SMILES string of the molecule is COC[C@H]1C[C@H](n2nc(C#Cc3ccc4c(c3)ncn4C)c3c(N)nccc32)CN1. The van der Waals surface area contributed by atoms with Gasteiger partial charge in [-0.25, -0.2) is 9.97 Å². The van der Waals surface area contributed by atoms with Gasteiger partial charge in [0.2, 0.25) is 0 Å². The average molecular weight is 401 g/mol. The highest BCUT2D eigenvalue weighted by Gasteiger charge is 2.28. The molecule has 0 amide bonds. The first-order chi connectivity index (χ1) is 14.6. The lowest BCUT2D eigenvalue weighted by molar-refractivity contribution is 0.172. The molecule has 1 saturated heterocycles. The maximum Gasteiger partial charge on any atom is 0.147 e. The van der Waals surface area contributed by atoms with Crippen molar-refractivity contribution in [2.24, 2.45) is 7.05 Å². The van der Waals surface area contributed by atoms with Gasteiger partial charge >= 0.3 is 0 Å². The molecule has 3 aromatic heterocycles. The second-order valence-electron chi connectivity index (χ2n) is 7.64. The number of nitrogens with two attached hydrogens (primary N) is 1. The smallest absolute Gasteiger partial charge is 0.147 e. The van der Waals surface area contributed by atoms with Crippen LogP contribution in [0, 0.1) is 11.8 Å². The van der Waals surface area contributed by atoms with Gasteiger partial charge in [0.05, 0.1) is 40.9 Å². The van der Waals surface area contributed by atoms with Gasteiger partial charge in [0.25, 0.3) is 0 Å². The minimum Gasteiger partial charge on any atom is -0.383 e. The highest BCUT2D eigenvalue weighted by atomic mass is 16.5. The van der Waals surface area contributed by atoms with Gasteiger partial charge < -0.3 is 20.4 Å². The van der Waals surface area contributed by atoms with Gasteiger partial charge in [-0.1, -0.05) is 5.92 Å². The molecule has 0 unspecified atom stereocenters. The van der Waals surface area contributed by atoms with Gasteiger partial charge in [-0.15, -0.1) is 0 Å². The van der Waals surface area contributed by atoms with Crippen molar-refractivity contribution in [2.75, 3.05) is 26.0 Å². The molecule has 8 nitrogen and oxygen atoms in total. The standard InChI is InChI=1S/C22H23N7O/c1-28-13-26-18-9-14(4-6-19(18)28)3-5-17-21-20(7-8-24-22(21)23)29(27-17)16-10-15(12-30-2)25-11-16/h4,6-9,13,15-16,25H,10-12H2,1-2H3,(H2,23,24)/t15-,16+/m1/s1. The molecule has 1 fully saturated rings. The number of anilines is 1. The Balaban J connectivity index is 1.54. The number of aromatic nitrogens is 5. The maximum atomic E-state index is 6.21. The van der Waals surface area contributed by atoms with Gasteiger partial charge in [0.1, 0.15) is 11.5 Å². The zero-order chi connectivity index (χ0) is 20.7. The minimum absolute atomic E-state index is 0.217. The van der Waals surface area contributed by atoms with E-state index in [2.05, 4.69) is 27.1 Å². The van der Waals surface area contributed by atoms with Crippen LogP contribution in [-0.2, 0) is 11.8 Å². The molecule has 0 radical (unpaired) electrons. The first-order valence-corrected chi connectivity index (χ1v) is 9.92. The van der Waals surface area contributed by atoms with Crippen LogP contribution in [0.2, 0.25) is 0 Å². The largest absolute Gasteiger partial charge is 0.383 e. The molecule has 152 valence electrons. The third kappa shape index (κ3) is 3.18. The fourth-order valence-electron chi connectivity index (χ4n) is 4.14. The van der Waals surface area contributed by atoms with Crippen LogP contribution in [0.3, 0.4) is 0 Å². The maximum absolute atomic E-state index is 6.21. The summed E-state index contributed by atoms with van der Waals surface area (Å²) in [7, 11) is 3.70. The van der Waals surface area contributed by atoms with E-state index in [1.807, 2.05) is 40.6 Å². The number of benzene rings is 1. The van der Waals surface area contributed by atoms with Gasteiger partial charge in [-0.2, -0.15) is 5.10 Å². The van der Waals surface area contributed by atoms with E-state index in [-0.39, 0.29) is 6.04 Å². The van der Waals surface area contributed by atoms with E-state index in [9.17, 15) is 0 Å². The van der Waals surface area contributed by atoms with Crippen LogP contribution in [0.15, 0.2) is 36.8 Å². The number of pyridine rings is 1. The monoisotopic (exact) mass is 401 g/mol. The highest BCUT2D eigenvalue weighted by molar-refractivity contribution is 5.93. The summed E-state index contributed by atoms with van der Waals surface area (Å²) in [5.74, 6) is 6.88. The Kier molecular flexibility index (Phi) is 4.62. The van der Waals surface area contributed by atoms with Crippen molar-refractivity contribution in [3.05, 3.63) is 48.0 Å². The molecule has 3 N–H and O–H groups in total. The predicted octanol–water partition coefficient (Wildman–Crippen LogP) is 1.85. The average Bonchev–Trinajstić information content (AvgIpc) is 3.45. The van der Waals surface area contributed by atoms with Crippen LogP contribution in [0.4, 0.5) is 5.82 Å². The Morgan fingerprint density at radius 3 is 3.00 bits per heavy atom. The Labute approximate surface area is 174 Å². The second-order valence-corrected chi connectivity index (χ2v) is 7.64. The van der Waals surface area contributed by atoms with Crippen molar-refractivity contribution in [1.29, 1.82) is 0 Å². The van der Waals surface area contributed by atoms with Crippen molar-refractivity contribution in [1.82, 2.24) is 29.6 Å². The highest BCUT2D eigenvalue weighted by Crippen LogP contribution is 2.29. The number of hydrogen-bond donors (Lipinski definition) is 2. The van der Waals surface area contributed by atoms with Gasteiger partial charge in [0.15, 0.2) is 0 Å². The fraction of sp³-hybridized carbons (Fsp3) is 0.318. The number of imidazole rings is 1. The fourth-order valence-corrected chi connectivity index (χ4v) is 4.14. The summed E-state index contributed by atoms with van der Waals surface area (Å²) in [6.45, 7) is 1.51. The van der Waals surface area contributed by atoms with Crippen LogP contribution in [0.5, 0.6) is 0 Å². The molecular weight excluding hydrogens is 378 g/mol.